The predicted molar refractivity (Wildman–Crippen MR) is 75.9 cm³/mol. The fourth-order valence-electron chi connectivity index (χ4n) is 1.54. The van der Waals surface area contributed by atoms with Crippen molar-refractivity contribution in [2.75, 3.05) is 5.75 Å². The van der Waals surface area contributed by atoms with Gasteiger partial charge in [0.15, 0.2) is 5.11 Å². The topological polar surface area (TPSA) is 50.4 Å². The third-order valence-electron chi connectivity index (χ3n) is 2.21. The molecule has 0 saturated carbocycles. The number of hydrogen-bond donors (Lipinski definition) is 2. The van der Waals surface area contributed by atoms with Gasteiger partial charge in [0.05, 0.1) is 5.71 Å². The Kier molecular flexibility index (Phi) is 4.01. The van der Waals surface area contributed by atoms with Crippen molar-refractivity contribution in [3.8, 4) is 0 Å². The first kappa shape index (κ1) is 12.8. The first-order valence-electron chi connectivity index (χ1n) is 4.82. The number of benzene rings is 1. The molecule has 0 amide bonds. The SMILES string of the molecule is NC(=S)N/N=C1\CCSc2c(Br)cc(F)cc21. The van der Waals surface area contributed by atoms with Crippen LogP contribution in [0.5, 0.6) is 0 Å². The molecule has 17 heavy (non-hydrogen) atoms. The van der Waals surface area contributed by atoms with Gasteiger partial charge in [0.1, 0.15) is 5.82 Å². The number of nitrogens with two attached hydrogens (primary N) is 1. The summed E-state index contributed by atoms with van der Waals surface area (Å²) in [6.07, 6.45) is 0.753. The summed E-state index contributed by atoms with van der Waals surface area (Å²) in [5.41, 5.74) is 9.42. The first-order chi connectivity index (χ1) is 8.08. The number of nitrogens with zero attached hydrogens (tertiary/aromatic N) is 1. The van der Waals surface area contributed by atoms with E-state index < -0.39 is 0 Å². The lowest BCUT2D eigenvalue weighted by atomic mass is 10.1. The number of hydrazone groups is 1. The van der Waals surface area contributed by atoms with Gasteiger partial charge in [-0.25, -0.2) is 4.39 Å². The van der Waals surface area contributed by atoms with Crippen molar-refractivity contribution >= 4 is 50.7 Å². The van der Waals surface area contributed by atoms with Crippen molar-refractivity contribution in [3.63, 3.8) is 0 Å². The lowest BCUT2D eigenvalue weighted by molar-refractivity contribution is 0.624. The summed E-state index contributed by atoms with van der Waals surface area (Å²) in [6, 6.07) is 2.93. The van der Waals surface area contributed by atoms with E-state index in [9.17, 15) is 4.39 Å². The molecule has 0 unspecified atom stereocenters. The second-order valence-corrected chi connectivity index (χ2v) is 5.80. The summed E-state index contributed by atoms with van der Waals surface area (Å²) in [6.45, 7) is 0. The van der Waals surface area contributed by atoms with E-state index in [1.54, 1.807) is 11.8 Å². The van der Waals surface area contributed by atoms with Crippen LogP contribution >= 0.6 is 39.9 Å². The minimum atomic E-state index is -0.291. The van der Waals surface area contributed by atoms with Crippen molar-refractivity contribution in [2.24, 2.45) is 10.8 Å². The summed E-state index contributed by atoms with van der Waals surface area (Å²) in [5, 5.41) is 4.21. The Morgan fingerprint density at radius 1 is 1.59 bits per heavy atom. The van der Waals surface area contributed by atoms with E-state index in [0.717, 1.165) is 32.8 Å². The van der Waals surface area contributed by atoms with E-state index in [1.807, 2.05) is 0 Å². The molecule has 7 heteroatoms. The maximum absolute atomic E-state index is 13.4. The molecule has 2 rings (SSSR count). The predicted octanol–water partition coefficient (Wildman–Crippen LogP) is 2.62. The maximum Gasteiger partial charge on any atom is 0.184 e. The van der Waals surface area contributed by atoms with Crippen LogP contribution in [0.3, 0.4) is 0 Å². The molecule has 90 valence electrons. The highest BCUT2D eigenvalue weighted by atomic mass is 79.9. The molecule has 0 spiro atoms. The first-order valence-corrected chi connectivity index (χ1v) is 7.01. The third-order valence-corrected chi connectivity index (χ3v) is 4.32. The van der Waals surface area contributed by atoms with Crippen LogP contribution in [0.4, 0.5) is 4.39 Å². The van der Waals surface area contributed by atoms with E-state index >= 15 is 0 Å². The van der Waals surface area contributed by atoms with Crippen molar-refractivity contribution in [1.82, 2.24) is 5.43 Å². The molecule has 0 atom stereocenters. The molecule has 0 fully saturated rings. The average molecular weight is 334 g/mol. The molecule has 1 heterocycles. The van der Waals surface area contributed by atoms with Gasteiger partial charge in [-0.2, -0.15) is 5.10 Å². The molecule has 1 aliphatic rings. The summed E-state index contributed by atoms with van der Waals surface area (Å²) >= 11 is 9.71. The van der Waals surface area contributed by atoms with Gasteiger partial charge in [-0.15, -0.1) is 11.8 Å². The summed E-state index contributed by atoms with van der Waals surface area (Å²) in [5.74, 6) is 0.607. The van der Waals surface area contributed by atoms with Crippen LogP contribution < -0.4 is 11.2 Å². The monoisotopic (exact) mass is 333 g/mol. The number of halogens is 2. The minimum absolute atomic E-state index is 0.104. The average Bonchev–Trinajstić information content (AvgIpc) is 2.26. The molecular formula is C10H9BrFN3S2. The highest BCUT2D eigenvalue weighted by molar-refractivity contribution is 9.10. The number of rotatable bonds is 1. The van der Waals surface area contributed by atoms with E-state index in [1.165, 1.54) is 12.1 Å². The van der Waals surface area contributed by atoms with Crippen molar-refractivity contribution < 1.29 is 4.39 Å². The Labute approximate surface area is 116 Å². The van der Waals surface area contributed by atoms with Crippen molar-refractivity contribution in [3.05, 3.63) is 28.0 Å². The Balaban J connectivity index is 2.43. The van der Waals surface area contributed by atoms with E-state index in [2.05, 4.69) is 38.7 Å². The third kappa shape index (κ3) is 2.97. The molecule has 3 nitrogen and oxygen atoms in total. The summed E-state index contributed by atoms with van der Waals surface area (Å²) in [7, 11) is 0. The molecule has 0 bridgehead atoms. The zero-order valence-corrected chi connectivity index (χ0v) is 11.9. The molecule has 1 aliphatic heterocycles. The van der Waals surface area contributed by atoms with Crippen LogP contribution in [0.15, 0.2) is 26.6 Å². The molecule has 0 saturated heterocycles. The number of thiocarbonyl (C=S) groups is 1. The zero-order valence-electron chi connectivity index (χ0n) is 8.67. The lowest BCUT2D eigenvalue weighted by Crippen LogP contribution is -2.26. The van der Waals surface area contributed by atoms with Crippen LogP contribution in [-0.2, 0) is 0 Å². The fourth-order valence-corrected chi connectivity index (χ4v) is 3.39. The maximum atomic E-state index is 13.4. The largest absolute Gasteiger partial charge is 0.375 e. The highest BCUT2D eigenvalue weighted by Gasteiger charge is 2.19. The van der Waals surface area contributed by atoms with Crippen LogP contribution in [0, 0.1) is 5.82 Å². The van der Waals surface area contributed by atoms with Crippen LogP contribution in [-0.4, -0.2) is 16.6 Å². The summed E-state index contributed by atoms with van der Waals surface area (Å²) in [4.78, 5) is 1.00. The van der Waals surface area contributed by atoms with Crippen LogP contribution in [0.1, 0.15) is 12.0 Å². The molecule has 3 N–H and O–H groups in total. The van der Waals surface area contributed by atoms with Gasteiger partial charge in [0, 0.05) is 27.1 Å². The second-order valence-electron chi connectivity index (χ2n) is 3.40. The Bertz CT molecular complexity index is 505. The zero-order chi connectivity index (χ0) is 12.4. The van der Waals surface area contributed by atoms with E-state index in [0.29, 0.717) is 0 Å². The van der Waals surface area contributed by atoms with Gasteiger partial charge in [-0.05, 0) is 40.3 Å². The Morgan fingerprint density at radius 2 is 2.35 bits per heavy atom. The standard InChI is InChI=1S/C10H9BrFN3S2/c11-7-4-5(12)3-6-8(14-15-10(13)16)1-2-17-9(6)7/h3-4H,1-2H2,(H3,13,15,16)/b14-8+. The number of fused-ring (bicyclic) bond motifs is 1. The lowest BCUT2D eigenvalue weighted by Gasteiger charge is -2.18. The molecule has 1 aromatic rings. The molecule has 0 aromatic heterocycles. The molecule has 1 aromatic carbocycles. The van der Waals surface area contributed by atoms with Crippen molar-refractivity contribution in [2.45, 2.75) is 11.3 Å². The summed E-state index contributed by atoms with van der Waals surface area (Å²) < 4.78 is 14.1. The van der Waals surface area contributed by atoms with Gasteiger partial charge in [-0.3, -0.25) is 5.43 Å². The van der Waals surface area contributed by atoms with Gasteiger partial charge >= 0.3 is 0 Å². The smallest absolute Gasteiger partial charge is 0.184 e. The molecule has 0 aliphatic carbocycles. The highest BCUT2D eigenvalue weighted by Crippen LogP contribution is 2.36. The van der Waals surface area contributed by atoms with Crippen LogP contribution in [0.25, 0.3) is 0 Å². The number of thioether (sulfide) groups is 1. The number of hydrogen-bond acceptors (Lipinski definition) is 3. The van der Waals surface area contributed by atoms with E-state index in [4.69, 9.17) is 5.73 Å². The van der Waals surface area contributed by atoms with E-state index in [-0.39, 0.29) is 10.9 Å². The normalized spacial score (nSPS) is 16.7. The molecular weight excluding hydrogens is 325 g/mol. The molecule has 0 radical (unpaired) electrons. The minimum Gasteiger partial charge on any atom is -0.375 e. The Hall–Kier alpha value is -0.660. The number of nitrogens with one attached hydrogen (secondary N) is 1. The van der Waals surface area contributed by atoms with Gasteiger partial charge in [0.2, 0.25) is 0 Å². The fraction of sp³-hybridized carbons (Fsp3) is 0.200. The second kappa shape index (κ2) is 5.32. The Morgan fingerprint density at radius 3 is 3.06 bits per heavy atom. The van der Waals surface area contributed by atoms with Gasteiger partial charge in [-0.1, -0.05) is 0 Å². The van der Waals surface area contributed by atoms with Gasteiger partial charge < -0.3 is 5.73 Å². The van der Waals surface area contributed by atoms with Gasteiger partial charge in [0.25, 0.3) is 0 Å². The van der Waals surface area contributed by atoms with Crippen molar-refractivity contribution in [1.29, 1.82) is 0 Å². The quantitative estimate of drug-likeness (QED) is 0.612. The van der Waals surface area contributed by atoms with Crippen LogP contribution in [0.2, 0.25) is 0 Å².